The number of hydrogen-bond donors (Lipinski definition) is 2. The maximum absolute atomic E-state index is 11.0. The van der Waals surface area contributed by atoms with E-state index in [0.717, 1.165) is 0 Å². The van der Waals surface area contributed by atoms with Gasteiger partial charge in [0.15, 0.2) is 0 Å². The molecule has 1 unspecified atom stereocenters. The van der Waals surface area contributed by atoms with Crippen LogP contribution >= 0.6 is 0 Å². The summed E-state index contributed by atoms with van der Waals surface area (Å²) >= 11 is 0. The number of nitrogens with zero attached hydrogens (tertiary/aromatic N) is 5. The first kappa shape index (κ1) is 13.8. The van der Waals surface area contributed by atoms with Crippen LogP contribution in [0.1, 0.15) is 19.8 Å². The zero-order valence-electron chi connectivity index (χ0n) is 10.9. The molecule has 2 aromatic rings. The molecule has 0 aliphatic heterocycles. The molecule has 0 radical (unpaired) electrons. The first-order valence-electron chi connectivity index (χ1n) is 6.14. The van der Waals surface area contributed by atoms with Crippen LogP contribution in [0.5, 0.6) is 0 Å². The Balaban J connectivity index is 2.22. The molecule has 1 atom stereocenters. The van der Waals surface area contributed by atoms with Crippen LogP contribution in [0.4, 0.5) is 0 Å². The summed E-state index contributed by atoms with van der Waals surface area (Å²) in [7, 11) is 0. The van der Waals surface area contributed by atoms with Gasteiger partial charge in [0.2, 0.25) is 5.82 Å². The number of hydrogen-bond acceptors (Lipinski definition) is 6. The minimum absolute atomic E-state index is 0.0504. The van der Waals surface area contributed by atoms with Crippen LogP contribution in [0, 0.1) is 5.92 Å². The van der Waals surface area contributed by atoms with E-state index in [1.807, 2.05) is 6.92 Å². The first-order valence-corrected chi connectivity index (χ1v) is 6.14. The topological polar surface area (TPSA) is 127 Å². The fourth-order valence-electron chi connectivity index (χ4n) is 1.81. The van der Waals surface area contributed by atoms with Gasteiger partial charge in [0.1, 0.15) is 5.69 Å². The van der Waals surface area contributed by atoms with Gasteiger partial charge in [-0.3, -0.25) is 9.59 Å². The number of tetrazole rings is 1. The molecular weight excluding hydrogens is 264 g/mol. The van der Waals surface area contributed by atoms with E-state index in [2.05, 4.69) is 25.7 Å². The van der Waals surface area contributed by atoms with Crippen molar-refractivity contribution in [1.82, 2.24) is 30.4 Å². The number of aliphatic carboxylic acids is 1. The summed E-state index contributed by atoms with van der Waals surface area (Å²) < 4.78 is 1.50. The lowest BCUT2D eigenvalue weighted by molar-refractivity contribution is -0.138. The maximum atomic E-state index is 11.0. The van der Waals surface area contributed by atoms with Crippen molar-refractivity contribution in [3.63, 3.8) is 0 Å². The highest BCUT2D eigenvalue weighted by Crippen LogP contribution is 2.15. The normalized spacial score (nSPS) is 12.2. The number of rotatable bonds is 6. The SMILES string of the molecule is CCC(CC(=O)O)Cn1nnnc1-c1ccc(=O)[nH]n1. The summed E-state index contributed by atoms with van der Waals surface area (Å²) in [5, 5.41) is 26.3. The van der Waals surface area contributed by atoms with Gasteiger partial charge in [-0.1, -0.05) is 13.3 Å². The van der Waals surface area contributed by atoms with Crippen LogP contribution in [0.25, 0.3) is 11.5 Å². The molecule has 0 aliphatic rings. The van der Waals surface area contributed by atoms with Gasteiger partial charge >= 0.3 is 5.97 Å². The highest BCUT2D eigenvalue weighted by Gasteiger charge is 2.17. The summed E-state index contributed by atoms with van der Waals surface area (Å²) in [4.78, 5) is 21.8. The van der Waals surface area contributed by atoms with Crippen molar-refractivity contribution in [2.24, 2.45) is 5.92 Å². The Labute approximate surface area is 113 Å². The molecule has 0 spiro atoms. The van der Waals surface area contributed by atoms with Crippen molar-refractivity contribution < 1.29 is 9.90 Å². The Kier molecular flexibility index (Phi) is 4.18. The molecular formula is C11H14N6O3. The molecule has 2 N–H and O–H groups in total. The third-order valence-electron chi connectivity index (χ3n) is 2.91. The van der Waals surface area contributed by atoms with E-state index in [0.29, 0.717) is 24.5 Å². The third kappa shape index (κ3) is 3.25. The van der Waals surface area contributed by atoms with Gasteiger partial charge < -0.3 is 5.11 Å². The van der Waals surface area contributed by atoms with Crippen molar-refractivity contribution >= 4 is 5.97 Å². The van der Waals surface area contributed by atoms with E-state index in [4.69, 9.17) is 5.11 Å². The quantitative estimate of drug-likeness (QED) is 0.756. The summed E-state index contributed by atoms with van der Waals surface area (Å²) in [6, 6.07) is 2.84. The minimum Gasteiger partial charge on any atom is -0.481 e. The summed E-state index contributed by atoms with van der Waals surface area (Å²) in [6.07, 6.45) is 0.750. The summed E-state index contributed by atoms with van der Waals surface area (Å²) in [6.45, 7) is 2.29. The van der Waals surface area contributed by atoms with Gasteiger partial charge in [0.25, 0.3) is 5.56 Å². The van der Waals surface area contributed by atoms with E-state index in [-0.39, 0.29) is 17.9 Å². The predicted octanol–water partition coefficient (Wildman–Crippen LogP) is -0.0757. The summed E-state index contributed by atoms with van der Waals surface area (Å²) in [5.41, 5.74) is 0.116. The first-order chi connectivity index (χ1) is 9.60. The monoisotopic (exact) mass is 278 g/mol. The Bertz CT molecular complexity index is 629. The molecule has 0 saturated heterocycles. The van der Waals surface area contributed by atoms with Crippen LogP contribution in [0.15, 0.2) is 16.9 Å². The van der Waals surface area contributed by atoms with Crippen molar-refractivity contribution in [3.05, 3.63) is 22.5 Å². The minimum atomic E-state index is -0.853. The Hall–Kier alpha value is -2.58. The number of aromatic amines is 1. The standard InChI is InChI=1S/C11H14N6O3/c1-2-7(5-10(19)20)6-17-11(14-15-16-17)8-3-4-9(18)13-12-8/h3-4,7H,2,5-6H2,1H3,(H,13,18)(H,19,20). The van der Waals surface area contributed by atoms with Crippen LogP contribution in [0.2, 0.25) is 0 Å². The second-order valence-electron chi connectivity index (χ2n) is 4.36. The molecule has 20 heavy (non-hydrogen) atoms. The molecule has 2 aromatic heterocycles. The van der Waals surface area contributed by atoms with E-state index >= 15 is 0 Å². The van der Waals surface area contributed by atoms with Gasteiger partial charge in [0, 0.05) is 19.0 Å². The van der Waals surface area contributed by atoms with Crippen molar-refractivity contribution in [2.75, 3.05) is 0 Å². The average Bonchev–Trinajstić information content (AvgIpc) is 2.86. The number of nitrogens with one attached hydrogen (secondary N) is 1. The lowest BCUT2D eigenvalue weighted by atomic mass is 10.0. The second kappa shape index (κ2) is 6.04. The number of carbonyl (C=O) groups is 1. The van der Waals surface area contributed by atoms with Crippen LogP contribution in [0.3, 0.4) is 0 Å². The van der Waals surface area contributed by atoms with Gasteiger partial charge in [-0.15, -0.1) is 5.10 Å². The smallest absolute Gasteiger partial charge is 0.303 e. The van der Waals surface area contributed by atoms with Crippen molar-refractivity contribution in [1.29, 1.82) is 0 Å². The van der Waals surface area contributed by atoms with Crippen LogP contribution in [-0.4, -0.2) is 41.5 Å². The highest BCUT2D eigenvalue weighted by atomic mass is 16.4. The fraction of sp³-hybridized carbons (Fsp3) is 0.455. The number of H-pyrrole nitrogens is 1. The molecule has 0 fully saturated rings. The van der Waals surface area contributed by atoms with Crippen molar-refractivity contribution in [3.8, 4) is 11.5 Å². The molecule has 2 rings (SSSR count). The van der Waals surface area contributed by atoms with Gasteiger partial charge in [-0.2, -0.15) is 5.10 Å². The molecule has 0 bridgehead atoms. The lowest BCUT2D eigenvalue weighted by Gasteiger charge is -2.12. The van der Waals surface area contributed by atoms with Gasteiger partial charge in [-0.25, -0.2) is 9.78 Å². The molecule has 9 nitrogen and oxygen atoms in total. The van der Waals surface area contributed by atoms with Crippen LogP contribution < -0.4 is 5.56 Å². The highest BCUT2D eigenvalue weighted by molar-refractivity contribution is 5.67. The number of carboxylic acid groups (broad SMARTS) is 1. The zero-order chi connectivity index (χ0) is 14.5. The molecule has 2 heterocycles. The lowest BCUT2D eigenvalue weighted by Crippen LogP contribution is -2.17. The number of aromatic nitrogens is 6. The summed E-state index contributed by atoms with van der Waals surface area (Å²) in [5.74, 6) is -0.531. The average molecular weight is 278 g/mol. The Morgan fingerprint density at radius 1 is 1.50 bits per heavy atom. The van der Waals surface area contributed by atoms with E-state index in [1.54, 1.807) is 0 Å². The van der Waals surface area contributed by atoms with Crippen molar-refractivity contribution in [2.45, 2.75) is 26.3 Å². The predicted molar refractivity (Wildman–Crippen MR) is 67.7 cm³/mol. The second-order valence-corrected chi connectivity index (χ2v) is 4.36. The molecule has 9 heteroatoms. The molecule has 0 aliphatic carbocycles. The van der Waals surface area contributed by atoms with E-state index in [9.17, 15) is 9.59 Å². The van der Waals surface area contributed by atoms with E-state index in [1.165, 1.54) is 16.8 Å². The largest absolute Gasteiger partial charge is 0.481 e. The Morgan fingerprint density at radius 3 is 2.90 bits per heavy atom. The molecule has 0 amide bonds. The van der Waals surface area contributed by atoms with Gasteiger partial charge in [0.05, 0.1) is 0 Å². The molecule has 0 aromatic carbocycles. The zero-order valence-corrected chi connectivity index (χ0v) is 10.9. The molecule has 0 saturated carbocycles. The Morgan fingerprint density at radius 2 is 2.30 bits per heavy atom. The number of carboxylic acids is 1. The third-order valence-corrected chi connectivity index (χ3v) is 2.91. The van der Waals surface area contributed by atoms with Gasteiger partial charge in [-0.05, 0) is 22.4 Å². The maximum Gasteiger partial charge on any atom is 0.303 e. The van der Waals surface area contributed by atoms with Crippen LogP contribution in [-0.2, 0) is 11.3 Å². The molecule has 106 valence electrons. The fourth-order valence-corrected chi connectivity index (χ4v) is 1.81. The van der Waals surface area contributed by atoms with E-state index < -0.39 is 5.97 Å².